The van der Waals surface area contributed by atoms with E-state index in [-0.39, 0.29) is 5.09 Å². The predicted molar refractivity (Wildman–Crippen MR) is 74.3 cm³/mol. The fourth-order valence-electron chi connectivity index (χ4n) is 1.32. The first-order chi connectivity index (χ1) is 8.48. The number of thioether (sulfide) groups is 1. The van der Waals surface area contributed by atoms with Crippen LogP contribution in [0.15, 0.2) is 21.6 Å². The zero-order chi connectivity index (χ0) is 13.6. The number of hydrogen-bond acceptors (Lipinski definition) is 5. The molecular formula is C11H20N2O3S2. The Balaban J connectivity index is 2.49. The molecule has 0 fully saturated rings. The zero-order valence-corrected chi connectivity index (χ0v) is 12.6. The lowest BCUT2D eigenvalue weighted by Gasteiger charge is -2.07. The molecule has 104 valence electrons. The third kappa shape index (κ3) is 4.31. The van der Waals surface area contributed by atoms with Gasteiger partial charge in [-0.05, 0) is 37.1 Å². The molecule has 1 aromatic heterocycles. The molecule has 1 rings (SSSR count). The Bertz CT molecular complexity index is 455. The summed E-state index contributed by atoms with van der Waals surface area (Å²) in [6, 6.07) is 3.19. The van der Waals surface area contributed by atoms with E-state index in [0.717, 1.165) is 23.0 Å². The van der Waals surface area contributed by atoms with Crippen molar-refractivity contribution in [3.63, 3.8) is 0 Å². The summed E-state index contributed by atoms with van der Waals surface area (Å²) in [5.74, 6) is 1.75. The number of rotatable bonds is 8. The van der Waals surface area contributed by atoms with Crippen molar-refractivity contribution in [1.82, 2.24) is 9.62 Å². The smallest absolute Gasteiger partial charge is 0.275 e. The first kappa shape index (κ1) is 15.6. The molecule has 0 aliphatic heterocycles. The highest BCUT2D eigenvalue weighted by Crippen LogP contribution is 2.16. The summed E-state index contributed by atoms with van der Waals surface area (Å²) in [5.41, 5.74) is 0. The summed E-state index contributed by atoms with van der Waals surface area (Å²) in [6.45, 7) is 1.45. The summed E-state index contributed by atoms with van der Waals surface area (Å²) < 4.78 is 30.0. The maximum atomic E-state index is 11.8. The third-order valence-corrected chi connectivity index (χ3v) is 4.76. The van der Waals surface area contributed by atoms with Crippen LogP contribution in [0.1, 0.15) is 12.2 Å². The molecule has 0 aliphatic carbocycles. The first-order valence-electron chi connectivity index (χ1n) is 5.69. The summed E-state index contributed by atoms with van der Waals surface area (Å²) in [7, 11) is -0.491. The predicted octanol–water partition coefficient (Wildman–Crippen LogP) is 1.37. The van der Waals surface area contributed by atoms with Crippen LogP contribution >= 0.6 is 11.8 Å². The summed E-state index contributed by atoms with van der Waals surface area (Å²) in [6.07, 6.45) is 3.16. The van der Waals surface area contributed by atoms with Gasteiger partial charge in [0.1, 0.15) is 5.76 Å². The molecule has 5 nitrogen and oxygen atoms in total. The quantitative estimate of drug-likeness (QED) is 0.733. The Morgan fingerprint density at radius 3 is 2.72 bits per heavy atom. The Kier molecular flexibility index (Phi) is 6.20. The molecule has 0 radical (unpaired) electrons. The van der Waals surface area contributed by atoms with E-state index in [1.54, 1.807) is 6.07 Å². The Morgan fingerprint density at radius 2 is 2.11 bits per heavy atom. The molecule has 1 N–H and O–H groups in total. The Labute approximate surface area is 113 Å². The molecule has 0 spiro atoms. The van der Waals surface area contributed by atoms with Gasteiger partial charge >= 0.3 is 0 Å². The van der Waals surface area contributed by atoms with E-state index in [2.05, 4.69) is 11.6 Å². The third-order valence-electron chi connectivity index (χ3n) is 2.37. The van der Waals surface area contributed by atoms with Crippen LogP contribution in [0.2, 0.25) is 0 Å². The number of furan rings is 1. The highest BCUT2D eigenvalue weighted by Gasteiger charge is 2.21. The van der Waals surface area contributed by atoms with Crippen molar-refractivity contribution in [3.8, 4) is 0 Å². The van der Waals surface area contributed by atoms with E-state index in [1.165, 1.54) is 20.2 Å². The lowest BCUT2D eigenvalue weighted by molar-refractivity contribution is 0.389. The van der Waals surface area contributed by atoms with E-state index >= 15 is 0 Å². The summed E-state index contributed by atoms with van der Waals surface area (Å²) >= 11 is 1.81. The van der Waals surface area contributed by atoms with Gasteiger partial charge in [-0.2, -0.15) is 11.8 Å². The fourth-order valence-corrected chi connectivity index (χ4v) is 2.57. The molecule has 0 bridgehead atoms. The van der Waals surface area contributed by atoms with Gasteiger partial charge in [0, 0.05) is 14.1 Å². The van der Waals surface area contributed by atoms with Gasteiger partial charge in [-0.15, -0.1) is 0 Å². The molecule has 7 heteroatoms. The lowest BCUT2D eigenvalue weighted by Crippen LogP contribution is -2.21. The lowest BCUT2D eigenvalue weighted by atomic mass is 10.4. The van der Waals surface area contributed by atoms with Crippen LogP contribution in [0.25, 0.3) is 0 Å². The number of hydrogen-bond donors (Lipinski definition) is 1. The number of nitrogens with one attached hydrogen (secondary N) is 1. The molecule has 0 aliphatic rings. The van der Waals surface area contributed by atoms with Crippen molar-refractivity contribution in [3.05, 3.63) is 17.9 Å². The SMILES string of the molecule is CSCCCNCc1ccc(S(=O)(=O)N(C)C)o1. The van der Waals surface area contributed by atoms with Crippen molar-refractivity contribution in [2.24, 2.45) is 0 Å². The van der Waals surface area contributed by atoms with Crippen LogP contribution in [-0.4, -0.2) is 45.4 Å². The van der Waals surface area contributed by atoms with E-state index < -0.39 is 10.0 Å². The molecule has 0 saturated heterocycles. The second kappa shape index (κ2) is 7.18. The monoisotopic (exact) mass is 292 g/mol. The maximum Gasteiger partial charge on any atom is 0.275 e. The van der Waals surface area contributed by atoms with E-state index in [1.807, 2.05) is 11.8 Å². The highest BCUT2D eigenvalue weighted by molar-refractivity contribution is 7.98. The molecule has 0 aromatic carbocycles. The van der Waals surface area contributed by atoms with Gasteiger partial charge < -0.3 is 9.73 Å². The van der Waals surface area contributed by atoms with Gasteiger partial charge in [-0.25, -0.2) is 12.7 Å². The molecule has 1 aromatic rings. The van der Waals surface area contributed by atoms with Gasteiger partial charge in [-0.3, -0.25) is 0 Å². The standard InChI is InChI=1S/C11H20N2O3S2/c1-13(2)18(14,15)11-6-5-10(16-11)9-12-7-4-8-17-3/h5-6,12H,4,7-9H2,1-3H3. The second-order valence-electron chi connectivity index (χ2n) is 4.03. The fraction of sp³-hybridized carbons (Fsp3) is 0.636. The minimum absolute atomic E-state index is 0.00610. The summed E-state index contributed by atoms with van der Waals surface area (Å²) in [4.78, 5) is 0. The normalized spacial score (nSPS) is 12.2. The van der Waals surface area contributed by atoms with Gasteiger partial charge in [-0.1, -0.05) is 0 Å². The van der Waals surface area contributed by atoms with Gasteiger partial charge in [0.15, 0.2) is 0 Å². The van der Waals surface area contributed by atoms with Crippen molar-refractivity contribution < 1.29 is 12.8 Å². The molecule has 0 unspecified atom stereocenters. The van der Waals surface area contributed by atoms with Crippen LogP contribution in [0, 0.1) is 0 Å². The molecular weight excluding hydrogens is 272 g/mol. The van der Waals surface area contributed by atoms with Crippen LogP contribution < -0.4 is 5.32 Å². The minimum Gasteiger partial charge on any atom is -0.447 e. The molecule has 0 saturated carbocycles. The van der Waals surface area contributed by atoms with Gasteiger partial charge in [0.05, 0.1) is 6.54 Å². The van der Waals surface area contributed by atoms with E-state index in [4.69, 9.17) is 4.42 Å². The van der Waals surface area contributed by atoms with Crippen molar-refractivity contribution >= 4 is 21.8 Å². The van der Waals surface area contributed by atoms with Gasteiger partial charge in [0.25, 0.3) is 10.0 Å². The topological polar surface area (TPSA) is 62.6 Å². The van der Waals surface area contributed by atoms with Crippen LogP contribution in [0.4, 0.5) is 0 Å². The Hall–Kier alpha value is -0.500. The molecule has 18 heavy (non-hydrogen) atoms. The summed E-state index contributed by atoms with van der Waals surface area (Å²) in [5, 5.41) is 3.21. The molecule has 0 atom stereocenters. The van der Waals surface area contributed by atoms with Gasteiger partial charge in [0.2, 0.25) is 5.09 Å². The average Bonchev–Trinajstić information content (AvgIpc) is 2.78. The number of sulfonamides is 1. The van der Waals surface area contributed by atoms with Crippen LogP contribution in [0.3, 0.4) is 0 Å². The van der Waals surface area contributed by atoms with Crippen LogP contribution in [0.5, 0.6) is 0 Å². The average molecular weight is 292 g/mol. The first-order valence-corrected chi connectivity index (χ1v) is 8.52. The largest absolute Gasteiger partial charge is 0.447 e. The van der Waals surface area contributed by atoms with E-state index in [0.29, 0.717) is 12.3 Å². The molecule has 0 amide bonds. The van der Waals surface area contributed by atoms with Crippen LogP contribution in [-0.2, 0) is 16.6 Å². The Morgan fingerprint density at radius 1 is 1.39 bits per heavy atom. The maximum absolute atomic E-state index is 11.8. The zero-order valence-electron chi connectivity index (χ0n) is 11.0. The van der Waals surface area contributed by atoms with Crippen molar-refractivity contribution in [1.29, 1.82) is 0 Å². The highest BCUT2D eigenvalue weighted by atomic mass is 32.2. The number of nitrogens with zero attached hydrogens (tertiary/aromatic N) is 1. The van der Waals surface area contributed by atoms with Crippen molar-refractivity contribution in [2.75, 3.05) is 32.6 Å². The second-order valence-corrected chi connectivity index (χ2v) is 7.10. The molecule has 1 heterocycles. The van der Waals surface area contributed by atoms with Crippen molar-refractivity contribution in [2.45, 2.75) is 18.1 Å². The minimum atomic E-state index is -3.46. The van der Waals surface area contributed by atoms with E-state index in [9.17, 15) is 8.42 Å².